The third-order valence-corrected chi connectivity index (χ3v) is 3.99. The number of benzene rings is 1. The van der Waals surface area contributed by atoms with Gasteiger partial charge in [0.05, 0.1) is 22.6 Å². The van der Waals surface area contributed by atoms with E-state index in [4.69, 9.17) is 5.11 Å². The number of anilines is 1. The lowest BCUT2D eigenvalue weighted by atomic mass is 10.1. The highest BCUT2D eigenvalue weighted by molar-refractivity contribution is 7.11. The summed E-state index contributed by atoms with van der Waals surface area (Å²) in [6.07, 6.45) is 1.84. The van der Waals surface area contributed by atoms with Crippen molar-refractivity contribution in [2.45, 2.75) is 13.5 Å². The summed E-state index contributed by atoms with van der Waals surface area (Å²) < 4.78 is 0. The SMILES string of the molecule is Cc1ncc(CNc2ccc3c(C(=O)O)cccc3n2)s1. The second kappa shape index (κ2) is 5.49. The van der Waals surface area contributed by atoms with Crippen molar-refractivity contribution in [3.05, 3.63) is 52.0 Å². The first-order valence-corrected chi connectivity index (χ1v) is 7.23. The Labute approximate surface area is 125 Å². The molecule has 0 unspecified atom stereocenters. The lowest BCUT2D eigenvalue weighted by Crippen LogP contribution is -2.01. The molecule has 21 heavy (non-hydrogen) atoms. The summed E-state index contributed by atoms with van der Waals surface area (Å²) >= 11 is 1.64. The van der Waals surface area contributed by atoms with Crippen LogP contribution >= 0.6 is 11.3 Å². The number of nitrogens with zero attached hydrogens (tertiary/aromatic N) is 2. The third-order valence-electron chi connectivity index (χ3n) is 3.08. The number of fused-ring (bicyclic) bond motifs is 1. The molecule has 0 fully saturated rings. The van der Waals surface area contributed by atoms with Gasteiger partial charge in [0.15, 0.2) is 0 Å². The Balaban J connectivity index is 1.86. The molecule has 106 valence electrons. The number of carbonyl (C=O) groups is 1. The summed E-state index contributed by atoms with van der Waals surface area (Å²) in [5.74, 6) is -0.223. The van der Waals surface area contributed by atoms with Crippen molar-refractivity contribution >= 4 is 34.0 Å². The number of thiazole rings is 1. The quantitative estimate of drug-likeness (QED) is 0.773. The zero-order chi connectivity index (χ0) is 14.8. The van der Waals surface area contributed by atoms with Gasteiger partial charge in [-0.2, -0.15) is 0 Å². The number of aromatic carboxylic acids is 1. The molecule has 0 saturated heterocycles. The molecule has 1 aromatic carbocycles. The topological polar surface area (TPSA) is 75.1 Å². The Bertz CT molecular complexity index is 814. The smallest absolute Gasteiger partial charge is 0.336 e. The van der Waals surface area contributed by atoms with Crippen LogP contribution in [0.4, 0.5) is 5.82 Å². The van der Waals surface area contributed by atoms with Gasteiger partial charge in [0.25, 0.3) is 0 Å². The summed E-state index contributed by atoms with van der Waals surface area (Å²) in [5, 5.41) is 14.1. The van der Waals surface area contributed by atoms with E-state index < -0.39 is 5.97 Å². The molecule has 0 aliphatic carbocycles. The van der Waals surface area contributed by atoms with Crippen molar-refractivity contribution in [3.8, 4) is 0 Å². The van der Waals surface area contributed by atoms with E-state index in [2.05, 4.69) is 15.3 Å². The molecular weight excluding hydrogens is 286 g/mol. The zero-order valence-electron chi connectivity index (χ0n) is 11.3. The van der Waals surface area contributed by atoms with Crippen LogP contribution in [0.5, 0.6) is 0 Å². The van der Waals surface area contributed by atoms with Crippen LogP contribution in [-0.2, 0) is 6.54 Å². The lowest BCUT2D eigenvalue weighted by molar-refractivity contribution is 0.0699. The van der Waals surface area contributed by atoms with Gasteiger partial charge in [0.1, 0.15) is 5.82 Å². The van der Waals surface area contributed by atoms with Gasteiger partial charge in [-0.1, -0.05) is 6.07 Å². The second-order valence-corrected chi connectivity index (χ2v) is 5.89. The molecule has 3 rings (SSSR count). The van der Waals surface area contributed by atoms with Crippen molar-refractivity contribution in [1.29, 1.82) is 0 Å². The van der Waals surface area contributed by atoms with Crippen molar-refractivity contribution in [1.82, 2.24) is 9.97 Å². The number of aryl methyl sites for hydroxylation is 1. The molecule has 0 amide bonds. The standard InChI is InChI=1S/C15H13N3O2S/c1-9-16-7-10(21-9)8-17-14-6-5-11-12(15(19)20)3-2-4-13(11)18-14/h2-7H,8H2,1H3,(H,17,18)(H,19,20). The first-order chi connectivity index (χ1) is 10.1. The van der Waals surface area contributed by atoms with E-state index in [1.165, 1.54) is 0 Å². The molecule has 0 aliphatic rings. The summed E-state index contributed by atoms with van der Waals surface area (Å²) in [6, 6.07) is 8.67. The van der Waals surface area contributed by atoms with Crippen LogP contribution in [0.15, 0.2) is 36.5 Å². The van der Waals surface area contributed by atoms with Gasteiger partial charge in [-0.3, -0.25) is 0 Å². The van der Waals surface area contributed by atoms with Gasteiger partial charge in [0, 0.05) is 16.5 Å². The average molecular weight is 299 g/mol. The monoisotopic (exact) mass is 299 g/mol. The molecule has 0 atom stereocenters. The maximum absolute atomic E-state index is 11.2. The third kappa shape index (κ3) is 2.85. The predicted molar refractivity (Wildman–Crippen MR) is 82.9 cm³/mol. The number of hydrogen-bond donors (Lipinski definition) is 2. The number of carboxylic acid groups (broad SMARTS) is 1. The summed E-state index contributed by atoms with van der Waals surface area (Å²) in [6.45, 7) is 2.62. The van der Waals surface area contributed by atoms with E-state index in [9.17, 15) is 4.79 Å². The minimum atomic E-state index is -0.941. The molecule has 3 aromatic rings. The molecule has 2 aromatic heterocycles. The van der Waals surface area contributed by atoms with Crippen LogP contribution in [0.2, 0.25) is 0 Å². The molecule has 2 N–H and O–H groups in total. The lowest BCUT2D eigenvalue weighted by Gasteiger charge is -2.06. The van der Waals surface area contributed by atoms with Gasteiger partial charge < -0.3 is 10.4 Å². The van der Waals surface area contributed by atoms with Crippen molar-refractivity contribution in [3.63, 3.8) is 0 Å². The largest absolute Gasteiger partial charge is 0.478 e. The number of pyridine rings is 1. The molecule has 6 heteroatoms. The normalized spacial score (nSPS) is 10.7. The second-order valence-electron chi connectivity index (χ2n) is 4.57. The highest BCUT2D eigenvalue weighted by atomic mass is 32.1. The molecule has 0 radical (unpaired) electrons. The molecule has 0 saturated carbocycles. The fourth-order valence-electron chi connectivity index (χ4n) is 2.10. The van der Waals surface area contributed by atoms with Crippen molar-refractivity contribution in [2.75, 3.05) is 5.32 Å². The Morgan fingerprint density at radius 1 is 1.33 bits per heavy atom. The maximum atomic E-state index is 11.2. The number of hydrogen-bond acceptors (Lipinski definition) is 5. The molecule has 5 nitrogen and oxygen atoms in total. The maximum Gasteiger partial charge on any atom is 0.336 e. The number of carboxylic acids is 1. The fraction of sp³-hybridized carbons (Fsp3) is 0.133. The van der Waals surface area contributed by atoms with E-state index in [0.717, 1.165) is 15.7 Å². The average Bonchev–Trinajstić information content (AvgIpc) is 2.89. The molecule has 0 spiro atoms. The number of nitrogens with one attached hydrogen (secondary N) is 1. The first-order valence-electron chi connectivity index (χ1n) is 6.42. The fourth-order valence-corrected chi connectivity index (χ4v) is 2.84. The minimum absolute atomic E-state index is 0.268. The van der Waals surface area contributed by atoms with Crippen LogP contribution in [-0.4, -0.2) is 21.0 Å². The number of rotatable bonds is 4. The van der Waals surface area contributed by atoms with Crippen molar-refractivity contribution in [2.24, 2.45) is 0 Å². The van der Waals surface area contributed by atoms with Gasteiger partial charge in [-0.05, 0) is 31.2 Å². The van der Waals surface area contributed by atoms with E-state index in [0.29, 0.717) is 17.4 Å². The van der Waals surface area contributed by atoms with E-state index >= 15 is 0 Å². The van der Waals surface area contributed by atoms with E-state index in [-0.39, 0.29) is 5.56 Å². The minimum Gasteiger partial charge on any atom is -0.478 e. The Hall–Kier alpha value is -2.47. The van der Waals surface area contributed by atoms with Crippen LogP contribution < -0.4 is 5.32 Å². The Kier molecular flexibility index (Phi) is 3.53. The highest BCUT2D eigenvalue weighted by Crippen LogP contribution is 2.20. The molecule has 2 heterocycles. The Morgan fingerprint density at radius 3 is 2.90 bits per heavy atom. The van der Waals surface area contributed by atoms with Gasteiger partial charge in [-0.15, -0.1) is 11.3 Å². The van der Waals surface area contributed by atoms with E-state index in [1.807, 2.05) is 19.2 Å². The predicted octanol–water partition coefficient (Wildman–Crippen LogP) is 3.31. The van der Waals surface area contributed by atoms with Crippen LogP contribution in [0.3, 0.4) is 0 Å². The van der Waals surface area contributed by atoms with Crippen LogP contribution in [0.25, 0.3) is 10.9 Å². The van der Waals surface area contributed by atoms with Crippen LogP contribution in [0.1, 0.15) is 20.2 Å². The van der Waals surface area contributed by atoms with E-state index in [1.54, 1.807) is 35.6 Å². The zero-order valence-corrected chi connectivity index (χ0v) is 12.1. The number of aromatic nitrogens is 2. The molecule has 0 bridgehead atoms. The van der Waals surface area contributed by atoms with Gasteiger partial charge in [-0.25, -0.2) is 14.8 Å². The van der Waals surface area contributed by atoms with Crippen LogP contribution in [0, 0.1) is 6.92 Å². The van der Waals surface area contributed by atoms with Gasteiger partial charge in [0.2, 0.25) is 0 Å². The highest BCUT2D eigenvalue weighted by Gasteiger charge is 2.09. The summed E-state index contributed by atoms with van der Waals surface area (Å²) in [7, 11) is 0. The molecule has 0 aliphatic heterocycles. The van der Waals surface area contributed by atoms with Crippen molar-refractivity contribution < 1.29 is 9.90 Å². The molecular formula is C15H13N3O2S. The summed E-state index contributed by atoms with van der Waals surface area (Å²) in [4.78, 5) is 20.9. The van der Waals surface area contributed by atoms with Gasteiger partial charge >= 0.3 is 5.97 Å². The first kappa shape index (κ1) is 13.5. The summed E-state index contributed by atoms with van der Waals surface area (Å²) in [5.41, 5.74) is 0.935. The Morgan fingerprint density at radius 2 is 2.19 bits per heavy atom.